The summed E-state index contributed by atoms with van der Waals surface area (Å²) in [5, 5.41) is 4.15. The Hall–Kier alpha value is -1.01. The van der Waals surface area contributed by atoms with Crippen LogP contribution in [0, 0.1) is 0 Å². The summed E-state index contributed by atoms with van der Waals surface area (Å²) in [5.74, 6) is 0.728. The van der Waals surface area contributed by atoms with Gasteiger partial charge in [0.15, 0.2) is 0 Å². The lowest BCUT2D eigenvalue weighted by Crippen LogP contribution is -2.37. The standard InChI is InChI=1S/C21H27ClN2O2.2ClH/c22-20-15-19(16-23-9-4-10-24-11-13-25-14-12-24)7-8-21(20)26-17-18-5-2-1-3-6-18;;/h1-3,5-8,15,23H,4,9-14,16-17H2;2*1H. The first-order chi connectivity index (χ1) is 12.8. The molecule has 2 aromatic carbocycles. The first-order valence-corrected chi connectivity index (χ1v) is 9.65. The predicted octanol–water partition coefficient (Wildman–Crippen LogP) is 4.57. The largest absolute Gasteiger partial charge is 0.487 e. The molecule has 0 radical (unpaired) electrons. The van der Waals surface area contributed by atoms with E-state index in [-0.39, 0.29) is 24.8 Å². The van der Waals surface area contributed by atoms with Crippen LogP contribution in [0.25, 0.3) is 0 Å². The Balaban J connectivity index is 0.00000196. The molecule has 1 saturated heterocycles. The minimum Gasteiger partial charge on any atom is -0.487 e. The quantitative estimate of drug-likeness (QED) is 0.571. The molecule has 0 spiro atoms. The zero-order chi connectivity index (χ0) is 18.0. The molecule has 7 heteroatoms. The summed E-state index contributed by atoms with van der Waals surface area (Å²) >= 11 is 6.37. The fourth-order valence-electron chi connectivity index (χ4n) is 2.99. The minimum atomic E-state index is 0. The molecule has 1 heterocycles. The summed E-state index contributed by atoms with van der Waals surface area (Å²) in [6.07, 6.45) is 1.14. The summed E-state index contributed by atoms with van der Waals surface area (Å²) in [4.78, 5) is 2.46. The number of hydrogen-bond acceptors (Lipinski definition) is 4. The molecule has 0 aromatic heterocycles. The van der Waals surface area contributed by atoms with E-state index >= 15 is 0 Å². The van der Waals surface area contributed by atoms with Crippen LogP contribution < -0.4 is 10.1 Å². The molecule has 1 N–H and O–H groups in total. The van der Waals surface area contributed by atoms with Gasteiger partial charge in [0.1, 0.15) is 12.4 Å². The van der Waals surface area contributed by atoms with E-state index in [1.807, 2.05) is 42.5 Å². The summed E-state index contributed by atoms with van der Waals surface area (Å²) in [7, 11) is 0. The topological polar surface area (TPSA) is 33.7 Å². The molecule has 1 aliphatic heterocycles. The van der Waals surface area contributed by atoms with Crippen LogP contribution in [0.3, 0.4) is 0 Å². The van der Waals surface area contributed by atoms with Gasteiger partial charge in [0.05, 0.1) is 18.2 Å². The molecule has 0 unspecified atom stereocenters. The number of hydrogen-bond donors (Lipinski definition) is 1. The molecule has 156 valence electrons. The Bertz CT molecular complexity index is 668. The number of morpholine rings is 1. The highest BCUT2D eigenvalue weighted by Gasteiger charge is 2.09. The van der Waals surface area contributed by atoms with E-state index in [0.717, 1.165) is 63.7 Å². The van der Waals surface area contributed by atoms with Gasteiger partial charge in [-0.25, -0.2) is 0 Å². The van der Waals surface area contributed by atoms with Crippen LogP contribution in [0.2, 0.25) is 5.02 Å². The summed E-state index contributed by atoms with van der Waals surface area (Å²) in [6.45, 7) is 7.32. The lowest BCUT2D eigenvalue weighted by atomic mass is 10.2. The second-order valence-corrected chi connectivity index (χ2v) is 6.93. The van der Waals surface area contributed by atoms with Crippen LogP contribution >= 0.6 is 36.4 Å². The molecule has 3 rings (SSSR count). The van der Waals surface area contributed by atoms with Crippen LogP contribution in [0.4, 0.5) is 0 Å². The second kappa shape index (κ2) is 14.0. The smallest absolute Gasteiger partial charge is 0.138 e. The van der Waals surface area contributed by atoms with Crippen molar-refractivity contribution in [2.75, 3.05) is 39.4 Å². The highest BCUT2D eigenvalue weighted by molar-refractivity contribution is 6.32. The zero-order valence-corrected chi connectivity index (χ0v) is 18.3. The molecule has 28 heavy (non-hydrogen) atoms. The van der Waals surface area contributed by atoms with Crippen LogP contribution in [0.5, 0.6) is 5.75 Å². The van der Waals surface area contributed by atoms with E-state index in [0.29, 0.717) is 11.6 Å². The molecule has 0 amide bonds. The molecule has 0 atom stereocenters. The number of nitrogens with zero attached hydrogens (tertiary/aromatic N) is 1. The van der Waals surface area contributed by atoms with E-state index in [2.05, 4.69) is 16.3 Å². The van der Waals surface area contributed by atoms with Gasteiger partial charge in [-0.15, -0.1) is 24.8 Å². The van der Waals surface area contributed by atoms with Crippen LogP contribution in [-0.2, 0) is 17.9 Å². The fourth-order valence-corrected chi connectivity index (χ4v) is 3.25. The van der Waals surface area contributed by atoms with Crippen molar-refractivity contribution >= 4 is 36.4 Å². The predicted molar refractivity (Wildman–Crippen MR) is 120 cm³/mol. The molecule has 1 aliphatic rings. The monoisotopic (exact) mass is 446 g/mol. The number of nitrogens with one attached hydrogen (secondary N) is 1. The Morgan fingerprint density at radius 2 is 1.75 bits per heavy atom. The normalized spacial score (nSPS) is 14.0. The zero-order valence-electron chi connectivity index (χ0n) is 15.9. The van der Waals surface area contributed by atoms with Crippen molar-refractivity contribution in [3.63, 3.8) is 0 Å². The van der Waals surface area contributed by atoms with E-state index < -0.39 is 0 Å². The van der Waals surface area contributed by atoms with Gasteiger partial charge >= 0.3 is 0 Å². The summed E-state index contributed by atoms with van der Waals surface area (Å²) in [6, 6.07) is 16.1. The van der Waals surface area contributed by atoms with Crippen LogP contribution in [0.1, 0.15) is 17.5 Å². The third-order valence-electron chi connectivity index (χ3n) is 4.49. The summed E-state index contributed by atoms with van der Waals surface area (Å²) in [5.41, 5.74) is 2.31. The van der Waals surface area contributed by atoms with Gasteiger partial charge in [-0.1, -0.05) is 48.0 Å². The van der Waals surface area contributed by atoms with Crippen LogP contribution in [0.15, 0.2) is 48.5 Å². The van der Waals surface area contributed by atoms with E-state index in [4.69, 9.17) is 21.1 Å². The Morgan fingerprint density at radius 1 is 1.00 bits per heavy atom. The first-order valence-electron chi connectivity index (χ1n) is 9.27. The van der Waals surface area contributed by atoms with E-state index in [1.54, 1.807) is 0 Å². The van der Waals surface area contributed by atoms with Crippen molar-refractivity contribution in [3.05, 3.63) is 64.7 Å². The molecular weight excluding hydrogens is 419 g/mol. The van der Waals surface area contributed by atoms with Crippen molar-refractivity contribution in [1.29, 1.82) is 0 Å². The average Bonchev–Trinajstić information content (AvgIpc) is 2.69. The molecule has 2 aromatic rings. The highest BCUT2D eigenvalue weighted by atomic mass is 35.5. The van der Waals surface area contributed by atoms with E-state index in [9.17, 15) is 0 Å². The van der Waals surface area contributed by atoms with Gasteiger partial charge in [0.2, 0.25) is 0 Å². The van der Waals surface area contributed by atoms with Gasteiger partial charge in [-0.3, -0.25) is 4.90 Å². The Labute approximate surface area is 185 Å². The maximum absolute atomic E-state index is 6.37. The van der Waals surface area contributed by atoms with E-state index in [1.165, 1.54) is 5.56 Å². The maximum Gasteiger partial charge on any atom is 0.138 e. The molecule has 1 fully saturated rings. The van der Waals surface area contributed by atoms with Gasteiger partial charge in [-0.05, 0) is 42.8 Å². The van der Waals surface area contributed by atoms with Crippen molar-refractivity contribution in [3.8, 4) is 5.75 Å². The number of benzene rings is 2. The molecule has 0 saturated carbocycles. The van der Waals surface area contributed by atoms with Gasteiger partial charge < -0.3 is 14.8 Å². The number of ether oxygens (including phenoxy) is 2. The minimum absolute atomic E-state index is 0. The fraction of sp³-hybridized carbons (Fsp3) is 0.429. The second-order valence-electron chi connectivity index (χ2n) is 6.52. The first kappa shape index (κ1) is 25.0. The van der Waals surface area contributed by atoms with Crippen molar-refractivity contribution in [2.24, 2.45) is 0 Å². The Morgan fingerprint density at radius 3 is 2.46 bits per heavy atom. The van der Waals surface area contributed by atoms with Crippen molar-refractivity contribution in [2.45, 2.75) is 19.6 Å². The van der Waals surface area contributed by atoms with Gasteiger partial charge in [0.25, 0.3) is 0 Å². The lowest BCUT2D eigenvalue weighted by molar-refractivity contribution is 0.0374. The summed E-state index contributed by atoms with van der Waals surface area (Å²) < 4.78 is 11.2. The van der Waals surface area contributed by atoms with Crippen molar-refractivity contribution < 1.29 is 9.47 Å². The molecular formula is C21H29Cl3N2O2. The lowest BCUT2D eigenvalue weighted by Gasteiger charge is -2.26. The molecule has 0 bridgehead atoms. The average molecular weight is 448 g/mol. The molecule has 4 nitrogen and oxygen atoms in total. The number of halogens is 3. The van der Waals surface area contributed by atoms with Crippen molar-refractivity contribution in [1.82, 2.24) is 10.2 Å². The Kier molecular flexibility index (Phi) is 12.6. The number of rotatable bonds is 9. The van der Waals surface area contributed by atoms with Gasteiger partial charge in [0, 0.05) is 19.6 Å². The maximum atomic E-state index is 6.37. The van der Waals surface area contributed by atoms with Gasteiger partial charge in [-0.2, -0.15) is 0 Å². The van der Waals surface area contributed by atoms with Crippen LogP contribution in [-0.4, -0.2) is 44.3 Å². The third-order valence-corrected chi connectivity index (χ3v) is 4.79. The highest BCUT2D eigenvalue weighted by Crippen LogP contribution is 2.26. The SMILES string of the molecule is Cl.Cl.Clc1cc(CNCCCN2CCOCC2)ccc1OCc1ccccc1. The third kappa shape index (κ3) is 8.56. The molecule has 0 aliphatic carbocycles.